The molecule has 0 aliphatic carbocycles. The molecule has 1 fully saturated rings. The standard InChI is InChI=1S/C13H16F2N2O/c1-16-8-10-3-2-6-17(10)13(18)11-7-9(14)4-5-12(11)15/h4-5,7,10,16H,2-3,6,8H2,1H3. The van der Waals surface area contributed by atoms with E-state index in [9.17, 15) is 13.6 Å². The SMILES string of the molecule is CNCC1CCCN1C(=O)c1cc(F)ccc1F. The number of rotatable bonds is 3. The van der Waals surface area contributed by atoms with Gasteiger partial charge in [0.25, 0.3) is 5.91 Å². The Morgan fingerprint density at radius 1 is 1.50 bits per heavy atom. The second kappa shape index (κ2) is 5.44. The number of amides is 1. The first-order valence-electron chi connectivity index (χ1n) is 6.04. The van der Waals surface area contributed by atoms with Gasteiger partial charge in [0.05, 0.1) is 5.56 Å². The van der Waals surface area contributed by atoms with Gasteiger partial charge in [-0.15, -0.1) is 0 Å². The molecule has 1 N–H and O–H groups in total. The number of likely N-dealkylation sites (N-methyl/N-ethyl adjacent to an activating group) is 1. The Hall–Kier alpha value is -1.49. The molecule has 0 saturated carbocycles. The number of hydrogen-bond donors (Lipinski definition) is 1. The van der Waals surface area contributed by atoms with Crippen molar-refractivity contribution >= 4 is 5.91 Å². The van der Waals surface area contributed by atoms with Crippen molar-refractivity contribution in [2.24, 2.45) is 0 Å². The molecule has 1 aromatic rings. The molecular weight excluding hydrogens is 238 g/mol. The first-order chi connectivity index (χ1) is 8.63. The predicted octanol–water partition coefficient (Wildman–Crippen LogP) is 1.79. The van der Waals surface area contributed by atoms with E-state index in [0.29, 0.717) is 13.1 Å². The van der Waals surface area contributed by atoms with E-state index in [4.69, 9.17) is 0 Å². The van der Waals surface area contributed by atoms with Gasteiger partial charge in [-0.2, -0.15) is 0 Å². The highest BCUT2D eigenvalue weighted by Gasteiger charge is 2.30. The van der Waals surface area contributed by atoms with Crippen LogP contribution in [-0.2, 0) is 0 Å². The molecule has 0 aromatic heterocycles. The Morgan fingerprint density at radius 3 is 3.00 bits per heavy atom. The normalized spacial score (nSPS) is 19.3. The molecule has 5 heteroatoms. The van der Waals surface area contributed by atoms with Crippen molar-refractivity contribution in [1.82, 2.24) is 10.2 Å². The van der Waals surface area contributed by atoms with Crippen LogP contribution in [0.4, 0.5) is 8.78 Å². The molecule has 1 aliphatic rings. The zero-order valence-corrected chi connectivity index (χ0v) is 10.2. The van der Waals surface area contributed by atoms with Crippen LogP contribution in [0.3, 0.4) is 0 Å². The zero-order valence-electron chi connectivity index (χ0n) is 10.2. The van der Waals surface area contributed by atoms with Gasteiger partial charge in [-0.05, 0) is 38.1 Å². The smallest absolute Gasteiger partial charge is 0.257 e. The third-order valence-corrected chi connectivity index (χ3v) is 3.24. The van der Waals surface area contributed by atoms with Crippen LogP contribution in [0.1, 0.15) is 23.2 Å². The molecule has 0 spiro atoms. The van der Waals surface area contributed by atoms with Gasteiger partial charge in [0.15, 0.2) is 0 Å². The minimum Gasteiger partial charge on any atom is -0.334 e. The highest BCUT2D eigenvalue weighted by atomic mass is 19.1. The minimum atomic E-state index is -0.670. The zero-order chi connectivity index (χ0) is 13.1. The summed E-state index contributed by atoms with van der Waals surface area (Å²) in [6, 6.07) is 3.03. The molecule has 1 atom stereocenters. The van der Waals surface area contributed by atoms with Gasteiger partial charge in [-0.1, -0.05) is 0 Å². The Balaban J connectivity index is 2.22. The first kappa shape index (κ1) is 13.0. The average molecular weight is 254 g/mol. The summed E-state index contributed by atoms with van der Waals surface area (Å²) in [6.07, 6.45) is 1.79. The Labute approximate surface area is 105 Å². The van der Waals surface area contributed by atoms with Gasteiger partial charge in [-0.25, -0.2) is 8.78 Å². The maximum absolute atomic E-state index is 13.6. The van der Waals surface area contributed by atoms with Crippen LogP contribution in [0, 0.1) is 11.6 Å². The van der Waals surface area contributed by atoms with Crippen LogP contribution in [0.2, 0.25) is 0 Å². The van der Waals surface area contributed by atoms with Crippen LogP contribution in [0.5, 0.6) is 0 Å². The molecule has 1 saturated heterocycles. The van der Waals surface area contributed by atoms with Gasteiger partial charge >= 0.3 is 0 Å². The van der Waals surface area contributed by atoms with Gasteiger partial charge < -0.3 is 10.2 Å². The topological polar surface area (TPSA) is 32.3 Å². The average Bonchev–Trinajstić information content (AvgIpc) is 2.80. The Kier molecular flexibility index (Phi) is 3.91. The minimum absolute atomic E-state index is 0.0603. The monoisotopic (exact) mass is 254 g/mol. The van der Waals surface area contributed by atoms with Crippen molar-refractivity contribution in [3.63, 3.8) is 0 Å². The first-order valence-corrected chi connectivity index (χ1v) is 6.04. The second-order valence-corrected chi connectivity index (χ2v) is 4.48. The number of nitrogens with zero attached hydrogens (tertiary/aromatic N) is 1. The van der Waals surface area contributed by atoms with Crippen LogP contribution in [0.25, 0.3) is 0 Å². The van der Waals surface area contributed by atoms with Crippen molar-refractivity contribution < 1.29 is 13.6 Å². The quantitative estimate of drug-likeness (QED) is 0.892. The van der Waals surface area contributed by atoms with Gasteiger partial charge in [-0.3, -0.25) is 4.79 Å². The third kappa shape index (κ3) is 2.51. The number of carbonyl (C=O) groups is 1. The summed E-state index contributed by atoms with van der Waals surface area (Å²) in [5, 5.41) is 3.01. The van der Waals surface area contributed by atoms with Gasteiger partial charge in [0.1, 0.15) is 11.6 Å². The summed E-state index contributed by atoms with van der Waals surface area (Å²) in [6.45, 7) is 1.27. The number of carbonyl (C=O) groups excluding carboxylic acids is 1. The van der Waals surface area contributed by atoms with Crippen molar-refractivity contribution in [2.45, 2.75) is 18.9 Å². The molecule has 1 aliphatic heterocycles. The number of benzene rings is 1. The summed E-state index contributed by atoms with van der Waals surface area (Å²) in [7, 11) is 1.81. The Morgan fingerprint density at radius 2 is 2.28 bits per heavy atom. The molecule has 98 valence electrons. The van der Waals surface area contributed by atoms with E-state index >= 15 is 0 Å². The van der Waals surface area contributed by atoms with E-state index in [1.165, 1.54) is 0 Å². The highest BCUT2D eigenvalue weighted by Crippen LogP contribution is 2.21. The maximum atomic E-state index is 13.6. The van der Waals surface area contributed by atoms with Crippen molar-refractivity contribution in [3.8, 4) is 0 Å². The molecule has 0 bridgehead atoms. The van der Waals surface area contributed by atoms with E-state index in [2.05, 4.69) is 5.32 Å². The fraction of sp³-hybridized carbons (Fsp3) is 0.462. The largest absolute Gasteiger partial charge is 0.334 e. The molecule has 3 nitrogen and oxygen atoms in total. The summed E-state index contributed by atoms with van der Waals surface area (Å²) in [5.41, 5.74) is -0.182. The van der Waals surface area contributed by atoms with Crippen molar-refractivity contribution in [2.75, 3.05) is 20.1 Å². The van der Waals surface area contributed by atoms with Crippen LogP contribution < -0.4 is 5.32 Å². The lowest BCUT2D eigenvalue weighted by Gasteiger charge is -2.24. The third-order valence-electron chi connectivity index (χ3n) is 3.24. The molecule has 1 amide bonds. The lowest BCUT2D eigenvalue weighted by Crippen LogP contribution is -2.41. The van der Waals surface area contributed by atoms with Crippen LogP contribution in [-0.4, -0.2) is 37.0 Å². The summed E-state index contributed by atoms with van der Waals surface area (Å²) >= 11 is 0. The maximum Gasteiger partial charge on any atom is 0.257 e. The fourth-order valence-corrected chi connectivity index (χ4v) is 2.37. The van der Waals surface area contributed by atoms with Crippen molar-refractivity contribution in [1.29, 1.82) is 0 Å². The van der Waals surface area contributed by atoms with Gasteiger partial charge in [0.2, 0.25) is 0 Å². The molecular formula is C13H16F2N2O. The second-order valence-electron chi connectivity index (χ2n) is 4.48. The van der Waals surface area contributed by atoms with E-state index in [0.717, 1.165) is 31.0 Å². The summed E-state index contributed by atoms with van der Waals surface area (Å²) in [5.74, 6) is -1.69. The number of hydrogen-bond acceptors (Lipinski definition) is 2. The molecule has 1 unspecified atom stereocenters. The predicted molar refractivity (Wildman–Crippen MR) is 64.3 cm³/mol. The van der Waals surface area contributed by atoms with Gasteiger partial charge in [0, 0.05) is 19.1 Å². The number of nitrogens with one attached hydrogen (secondary N) is 1. The molecule has 1 heterocycles. The summed E-state index contributed by atoms with van der Waals surface area (Å²) in [4.78, 5) is 13.8. The highest BCUT2D eigenvalue weighted by molar-refractivity contribution is 5.94. The molecule has 1 aromatic carbocycles. The van der Waals surface area contributed by atoms with Crippen molar-refractivity contribution in [3.05, 3.63) is 35.4 Å². The number of halogens is 2. The fourth-order valence-electron chi connectivity index (χ4n) is 2.37. The Bertz CT molecular complexity index is 451. The number of likely N-dealkylation sites (tertiary alicyclic amines) is 1. The molecule has 2 rings (SSSR count). The van der Waals surface area contributed by atoms with E-state index in [1.54, 1.807) is 4.90 Å². The lowest BCUT2D eigenvalue weighted by atomic mass is 10.1. The van der Waals surface area contributed by atoms with E-state index in [-0.39, 0.29) is 11.6 Å². The molecule has 0 radical (unpaired) electrons. The van der Waals surface area contributed by atoms with E-state index < -0.39 is 17.5 Å². The van der Waals surface area contributed by atoms with Crippen LogP contribution in [0.15, 0.2) is 18.2 Å². The van der Waals surface area contributed by atoms with Crippen LogP contribution >= 0.6 is 0 Å². The molecule has 18 heavy (non-hydrogen) atoms. The lowest BCUT2D eigenvalue weighted by molar-refractivity contribution is 0.0731. The summed E-state index contributed by atoms with van der Waals surface area (Å²) < 4.78 is 26.6. The van der Waals surface area contributed by atoms with E-state index in [1.807, 2.05) is 7.05 Å².